The number of carbonyl (C=O) groups is 2. The summed E-state index contributed by atoms with van der Waals surface area (Å²) in [6.07, 6.45) is 0.805. The summed E-state index contributed by atoms with van der Waals surface area (Å²) in [6, 6.07) is 6.66. The van der Waals surface area contributed by atoms with Gasteiger partial charge in [-0.2, -0.15) is 0 Å². The van der Waals surface area contributed by atoms with E-state index in [9.17, 15) is 9.59 Å². The highest BCUT2D eigenvalue weighted by Gasteiger charge is 2.17. The summed E-state index contributed by atoms with van der Waals surface area (Å²) in [4.78, 5) is 23.4. The Kier molecular flexibility index (Phi) is 7.91. The maximum absolute atomic E-state index is 12.0. The van der Waals surface area contributed by atoms with Gasteiger partial charge >= 0.3 is 0 Å². The number of aliphatic hydroxyl groups excluding tert-OH is 1. The predicted molar refractivity (Wildman–Crippen MR) is 86.5 cm³/mol. The molecule has 0 aromatic heterocycles. The number of rotatable bonds is 8. The summed E-state index contributed by atoms with van der Waals surface area (Å²) in [5.41, 5.74) is 0.832. The zero-order valence-corrected chi connectivity index (χ0v) is 13.7. The molecule has 0 aliphatic rings. The van der Waals surface area contributed by atoms with Crippen LogP contribution in [0.5, 0.6) is 0 Å². The van der Waals surface area contributed by atoms with E-state index in [0.717, 1.165) is 5.56 Å². The quantitative estimate of drug-likeness (QED) is 0.684. The molecule has 1 aromatic rings. The molecule has 0 saturated heterocycles. The summed E-state index contributed by atoms with van der Waals surface area (Å²) in [6.45, 7) is 3.99. The highest BCUT2D eigenvalue weighted by molar-refractivity contribution is 6.30. The number of aliphatic hydroxyl groups is 1. The molecule has 22 heavy (non-hydrogen) atoms. The first-order valence-corrected chi connectivity index (χ1v) is 7.70. The van der Waals surface area contributed by atoms with Crippen LogP contribution >= 0.6 is 11.6 Å². The third kappa shape index (κ3) is 6.91. The largest absolute Gasteiger partial charge is 0.396 e. The van der Waals surface area contributed by atoms with Crippen molar-refractivity contribution in [1.29, 1.82) is 0 Å². The molecular formula is C16H23ClN2O3. The van der Waals surface area contributed by atoms with Gasteiger partial charge in [-0.15, -0.1) is 0 Å². The fourth-order valence-corrected chi connectivity index (χ4v) is 2.19. The fourth-order valence-electron chi connectivity index (χ4n) is 2.06. The van der Waals surface area contributed by atoms with Gasteiger partial charge in [0.05, 0.1) is 12.5 Å². The first-order valence-electron chi connectivity index (χ1n) is 7.32. The standard InChI is InChI=1S/C16H23ClN2O3/c1-11(7-8-20)10-18-16(22)9-15(19-12(2)21)13-3-5-14(17)6-4-13/h3-6,11,15,20H,7-10H2,1-2H3,(H,18,22)(H,19,21). The maximum Gasteiger partial charge on any atom is 0.222 e. The number of hydrogen-bond donors (Lipinski definition) is 3. The second kappa shape index (κ2) is 9.43. The molecule has 0 aliphatic carbocycles. The molecule has 0 bridgehead atoms. The summed E-state index contributed by atoms with van der Waals surface area (Å²) in [5.74, 6) is -0.122. The summed E-state index contributed by atoms with van der Waals surface area (Å²) < 4.78 is 0. The Morgan fingerprint density at radius 3 is 2.45 bits per heavy atom. The fraction of sp³-hybridized carbons (Fsp3) is 0.500. The molecular weight excluding hydrogens is 304 g/mol. The smallest absolute Gasteiger partial charge is 0.222 e. The van der Waals surface area contributed by atoms with E-state index in [2.05, 4.69) is 10.6 Å². The van der Waals surface area contributed by atoms with Crippen LogP contribution in [0.25, 0.3) is 0 Å². The maximum atomic E-state index is 12.0. The molecule has 2 amide bonds. The summed E-state index contributed by atoms with van der Waals surface area (Å²) in [5, 5.41) is 15.1. The van der Waals surface area contributed by atoms with Crippen LogP contribution in [0.2, 0.25) is 5.02 Å². The Balaban J connectivity index is 2.63. The Morgan fingerprint density at radius 2 is 1.91 bits per heavy atom. The van der Waals surface area contributed by atoms with Crippen LogP contribution in [-0.2, 0) is 9.59 Å². The molecule has 0 heterocycles. The van der Waals surface area contributed by atoms with Crippen molar-refractivity contribution in [3.8, 4) is 0 Å². The minimum Gasteiger partial charge on any atom is -0.396 e. The van der Waals surface area contributed by atoms with E-state index >= 15 is 0 Å². The van der Waals surface area contributed by atoms with Crippen LogP contribution in [-0.4, -0.2) is 30.1 Å². The average molecular weight is 327 g/mol. The summed E-state index contributed by atoms with van der Waals surface area (Å²) >= 11 is 5.86. The molecule has 1 rings (SSSR count). The molecule has 2 atom stereocenters. The van der Waals surface area contributed by atoms with Gasteiger partial charge in [-0.25, -0.2) is 0 Å². The third-order valence-electron chi connectivity index (χ3n) is 3.31. The van der Waals surface area contributed by atoms with Crippen LogP contribution in [0, 0.1) is 5.92 Å². The Morgan fingerprint density at radius 1 is 1.27 bits per heavy atom. The molecule has 122 valence electrons. The lowest BCUT2D eigenvalue weighted by Gasteiger charge is -2.19. The van der Waals surface area contributed by atoms with Crippen molar-refractivity contribution < 1.29 is 14.7 Å². The second-order valence-electron chi connectivity index (χ2n) is 5.43. The number of halogens is 1. The van der Waals surface area contributed by atoms with E-state index in [1.165, 1.54) is 6.92 Å². The highest BCUT2D eigenvalue weighted by Crippen LogP contribution is 2.19. The van der Waals surface area contributed by atoms with Crippen molar-refractivity contribution in [2.24, 2.45) is 5.92 Å². The molecule has 3 N–H and O–H groups in total. The lowest BCUT2D eigenvalue weighted by molar-refractivity contribution is -0.123. The van der Waals surface area contributed by atoms with Gasteiger partial charge in [0, 0.05) is 25.1 Å². The van der Waals surface area contributed by atoms with Crippen molar-refractivity contribution in [1.82, 2.24) is 10.6 Å². The lowest BCUT2D eigenvalue weighted by Crippen LogP contribution is -2.34. The minimum absolute atomic E-state index is 0.107. The molecule has 0 aliphatic heterocycles. The zero-order valence-electron chi connectivity index (χ0n) is 12.9. The molecule has 0 saturated carbocycles. The number of benzene rings is 1. The van der Waals surface area contributed by atoms with Crippen molar-refractivity contribution in [2.45, 2.75) is 32.7 Å². The predicted octanol–water partition coefficient (Wildman–Crippen LogP) is 2.04. The van der Waals surface area contributed by atoms with Gasteiger partial charge in [0.1, 0.15) is 0 Å². The van der Waals surface area contributed by atoms with Gasteiger partial charge in [0.2, 0.25) is 11.8 Å². The first kappa shape index (κ1) is 18.5. The van der Waals surface area contributed by atoms with Crippen molar-refractivity contribution in [3.63, 3.8) is 0 Å². The Labute approximate surface area is 136 Å². The Bertz CT molecular complexity index is 491. The van der Waals surface area contributed by atoms with Crippen LogP contribution in [0.4, 0.5) is 0 Å². The van der Waals surface area contributed by atoms with Crippen LogP contribution in [0.15, 0.2) is 24.3 Å². The molecule has 0 fully saturated rings. The van der Waals surface area contributed by atoms with E-state index < -0.39 is 0 Å². The molecule has 5 nitrogen and oxygen atoms in total. The highest BCUT2D eigenvalue weighted by atomic mass is 35.5. The van der Waals surface area contributed by atoms with Crippen LogP contribution < -0.4 is 10.6 Å². The molecule has 0 spiro atoms. The number of hydrogen-bond acceptors (Lipinski definition) is 3. The monoisotopic (exact) mass is 326 g/mol. The lowest BCUT2D eigenvalue weighted by atomic mass is 10.0. The van der Waals surface area contributed by atoms with E-state index in [1.807, 2.05) is 6.92 Å². The van der Waals surface area contributed by atoms with Gasteiger partial charge < -0.3 is 15.7 Å². The van der Waals surface area contributed by atoms with Gasteiger partial charge in [0.25, 0.3) is 0 Å². The van der Waals surface area contributed by atoms with Crippen molar-refractivity contribution >= 4 is 23.4 Å². The third-order valence-corrected chi connectivity index (χ3v) is 3.56. The normalized spacial score (nSPS) is 13.3. The SMILES string of the molecule is CC(=O)NC(CC(=O)NCC(C)CCO)c1ccc(Cl)cc1. The van der Waals surface area contributed by atoms with Gasteiger partial charge in [0.15, 0.2) is 0 Å². The van der Waals surface area contributed by atoms with E-state index in [0.29, 0.717) is 18.0 Å². The van der Waals surface area contributed by atoms with Crippen molar-refractivity contribution in [2.75, 3.05) is 13.2 Å². The van der Waals surface area contributed by atoms with Crippen molar-refractivity contribution in [3.05, 3.63) is 34.9 Å². The van der Waals surface area contributed by atoms with Crippen LogP contribution in [0.3, 0.4) is 0 Å². The van der Waals surface area contributed by atoms with Gasteiger partial charge in [-0.3, -0.25) is 9.59 Å². The molecule has 0 radical (unpaired) electrons. The summed E-state index contributed by atoms with van der Waals surface area (Å²) in [7, 11) is 0. The van der Waals surface area contributed by atoms with E-state index in [-0.39, 0.29) is 36.8 Å². The number of nitrogens with one attached hydrogen (secondary N) is 2. The van der Waals surface area contributed by atoms with Gasteiger partial charge in [-0.1, -0.05) is 30.7 Å². The van der Waals surface area contributed by atoms with Crippen LogP contribution in [0.1, 0.15) is 38.3 Å². The van der Waals surface area contributed by atoms with E-state index in [1.54, 1.807) is 24.3 Å². The number of amides is 2. The average Bonchev–Trinajstić information content (AvgIpc) is 2.45. The zero-order chi connectivity index (χ0) is 16.5. The first-order chi connectivity index (χ1) is 10.4. The molecule has 2 unspecified atom stereocenters. The Hall–Kier alpha value is -1.59. The van der Waals surface area contributed by atoms with Gasteiger partial charge in [-0.05, 0) is 30.0 Å². The molecule has 1 aromatic carbocycles. The van der Waals surface area contributed by atoms with E-state index in [4.69, 9.17) is 16.7 Å². The second-order valence-corrected chi connectivity index (χ2v) is 5.87. The topological polar surface area (TPSA) is 78.4 Å². The minimum atomic E-state index is -0.386. The molecule has 6 heteroatoms. The number of carbonyl (C=O) groups excluding carboxylic acids is 2.